The molecule has 0 aromatic carbocycles. The van der Waals surface area contributed by atoms with Gasteiger partial charge in [-0.3, -0.25) is 0 Å². The molecular weight excluding hydrogens is 222 g/mol. The van der Waals surface area contributed by atoms with Crippen LogP contribution in [-0.4, -0.2) is 24.8 Å². The van der Waals surface area contributed by atoms with Crippen molar-refractivity contribution in [2.45, 2.75) is 77.9 Å². The zero-order valence-corrected chi connectivity index (χ0v) is 12.7. The zero-order valence-electron chi connectivity index (χ0n) is 12.7. The predicted octanol–water partition coefficient (Wildman–Crippen LogP) is 3.75. The number of nitrogens with one attached hydrogen (secondary N) is 1. The SMILES string of the molecule is CCNC(CC(C)(C)C)C1CCOC2(CCC2)C1. The third-order valence-corrected chi connectivity index (χ3v) is 4.66. The second-order valence-corrected chi connectivity index (χ2v) is 7.57. The van der Waals surface area contributed by atoms with E-state index < -0.39 is 0 Å². The molecule has 2 aliphatic rings. The second-order valence-electron chi connectivity index (χ2n) is 7.57. The number of hydrogen-bond donors (Lipinski definition) is 1. The van der Waals surface area contributed by atoms with Crippen LogP contribution in [0.25, 0.3) is 0 Å². The third kappa shape index (κ3) is 3.48. The highest BCUT2D eigenvalue weighted by molar-refractivity contribution is 4.97. The van der Waals surface area contributed by atoms with Crippen molar-refractivity contribution < 1.29 is 4.74 Å². The van der Waals surface area contributed by atoms with E-state index in [9.17, 15) is 0 Å². The van der Waals surface area contributed by atoms with Gasteiger partial charge in [0.25, 0.3) is 0 Å². The Morgan fingerprint density at radius 2 is 2.06 bits per heavy atom. The second kappa shape index (κ2) is 5.50. The lowest BCUT2D eigenvalue weighted by Crippen LogP contribution is -2.51. The topological polar surface area (TPSA) is 21.3 Å². The van der Waals surface area contributed by atoms with E-state index in [1.54, 1.807) is 0 Å². The van der Waals surface area contributed by atoms with Crippen molar-refractivity contribution in [2.75, 3.05) is 13.2 Å². The molecule has 2 atom stereocenters. The summed E-state index contributed by atoms with van der Waals surface area (Å²) in [4.78, 5) is 0. The Labute approximate surface area is 113 Å². The molecule has 1 saturated carbocycles. The van der Waals surface area contributed by atoms with Crippen molar-refractivity contribution in [2.24, 2.45) is 11.3 Å². The fourth-order valence-corrected chi connectivity index (χ4v) is 3.66. The monoisotopic (exact) mass is 253 g/mol. The van der Waals surface area contributed by atoms with Gasteiger partial charge in [0.1, 0.15) is 0 Å². The van der Waals surface area contributed by atoms with Crippen LogP contribution in [0.15, 0.2) is 0 Å². The summed E-state index contributed by atoms with van der Waals surface area (Å²) in [6.07, 6.45) is 7.80. The molecule has 2 fully saturated rings. The van der Waals surface area contributed by atoms with E-state index in [1.807, 2.05) is 0 Å². The van der Waals surface area contributed by atoms with E-state index in [0.29, 0.717) is 11.5 Å². The highest BCUT2D eigenvalue weighted by Crippen LogP contribution is 2.45. The highest BCUT2D eigenvalue weighted by atomic mass is 16.5. The van der Waals surface area contributed by atoms with Gasteiger partial charge < -0.3 is 10.1 Å². The van der Waals surface area contributed by atoms with Crippen LogP contribution in [-0.2, 0) is 4.74 Å². The van der Waals surface area contributed by atoms with Gasteiger partial charge in [0.05, 0.1) is 5.60 Å². The van der Waals surface area contributed by atoms with Crippen molar-refractivity contribution in [1.29, 1.82) is 0 Å². The Balaban J connectivity index is 1.96. The maximum absolute atomic E-state index is 6.06. The van der Waals surface area contributed by atoms with E-state index in [1.165, 1.54) is 38.5 Å². The smallest absolute Gasteiger partial charge is 0.0685 e. The molecule has 1 aliphatic heterocycles. The first-order valence-corrected chi connectivity index (χ1v) is 7.81. The van der Waals surface area contributed by atoms with Crippen LogP contribution in [0.2, 0.25) is 0 Å². The quantitative estimate of drug-likeness (QED) is 0.824. The average molecular weight is 253 g/mol. The lowest BCUT2D eigenvalue weighted by atomic mass is 9.69. The van der Waals surface area contributed by atoms with Gasteiger partial charge in [-0.1, -0.05) is 27.7 Å². The molecule has 2 nitrogen and oxygen atoms in total. The number of rotatable bonds is 4. The standard InChI is InChI=1S/C16H31NO/c1-5-17-14(12-15(2,3)4)13-7-10-18-16(11-13)8-6-9-16/h13-14,17H,5-12H2,1-4H3. The molecule has 0 bridgehead atoms. The molecule has 1 saturated heterocycles. The van der Waals surface area contributed by atoms with E-state index in [2.05, 4.69) is 33.0 Å². The normalized spacial score (nSPS) is 29.0. The van der Waals surface area contributed by atoms with Crippen LogP contribution < -0.4 is 5.32 Å². The fraction of sp³-hybridized carbons (Fsp3) is 1.00. The minimum atomic E-state index is 0.286. The summed E-state index contributed by atoms with van der Waals surface area (Å²) in [7, 11) is 0. The van der Waals surface area contributed by atoms with Gasteiger partial charge in [-0.05, 0) is 56.4 Å². The molecule has 0 amide bonds. The first-order valence-electron chi connectivity index (χ1n) is 7.81. The van der Waals surface area contributed by atoms with Gasteiger partial charge in [0, 0.05) is 12.6 Å². The Hall–Kier alpha value is -0.0800. The summed E-state index contributed by atoms with van der Waals surface area (Å²) in [5, 5.41) is 3.74. The van der Waals surface area contributed by atoms with Crippen molar-refractivity contribution in [3.63, 3.8) is 0 Å². The first kappa shape index (κ1) is 14.3. The molecular formula is C16H31NO. The summed E-state index contributed by atoms with van der Waals surface area (Å²) in [6.45, 7) is 11.4. The third-order valence-electron chi connectivity index (χ3n) is 4.66. The maximum atomic E-state index is 6.06. The van der Waals surface area contributed by atoms with Crippen molar-refractivity contribution in [1.82, 2.24) is 5.32 Å². The van der Waals surface area contributed by atoms with Crippen LogP contribution in [0, 0.1) is 11.3 Å². The zero-order chi connectivity index (χ0) is 13.2. The lowest BCUT2D eigenvalue weighted by Gasteiger charge is -2.49. The minimum absolute atomic E-state index is 0.286. The molecule has 2 rings (SSSR count). The van der Waals surface area contributed by atoms with E-state index in [-0.39, 0.29) is 5.60 Å². The largest absolute Gasteiger partial charge is 0.375 e. The van der Waals surface area contributed by atoms with Crippen molar-refractivity contribution >= 4 is 0 Å². The molecule has 106 valence electrons. The van der Waals surface area contributed by atoms with Crippen LogP contribution in [0.3, 0.4) is 0 Å². The van der Waals surface area contributed by atoms with Crippen LogP contribution in [0.5, 0.6) is 0 Å². The molecule has 2 unspecified atom stereocenters. The molecule has 0 aromatic heterocycles. The molecule has 0 radical (unpaired) electrons. The van der Waals surface area contributed by atoms with Gasteiger partial charge >= 0.3 is 0 Å². The summed E-state index contributed by atoms with van der Waals surface area (Å²) >= 11 is 0. The molecule has 1 spiro atoms. The highest BCUT2D eigenvalue weighted by Gasteiger charge is 2.44. The molecule has 1 aliphatic carbocycles. The lowest BCUT2D eigenvalue weighted by molar-refractivity contribution is -0.148. The summed E-state index contributed by atoms with van der Waals surface area (Å²) in [5.41, 5.74) is 0.701. The molecule has 2 heteroatoms. The van der Waals surface area contributed by atoms with Gasteiger partial charge in [-0.2, -0.15) is 0 Å². The van der Waals surface area contributed by atoms with Crippen LogP contribution in [0.1, 0.15) is 66.2 Å². The average Bonchev–Trinajstić information content (AvgIpc) is 2.25. The first-order chi connectivity index (χ1) is 8.44. The van der Waals surface area contributed by atoms with Crippen LogP contribution in [0.4, 0.5) is 0 Å². The molecule has 1 heterocycles. The molecule has 0 aromatic rings. The fourth-order valence-electron chi connectivity index (χ4n) is 3.66. The number of ether oxygens (including phenoxy) is 1. The van der Waals surface area contributed by atoms with Crippen molar-refractivity contribution in [3.05, 3.63) is 0 Å². The van der Waals surface area contributed by atoms with Crippen molar-refractivity contribution in [3.8, 4) is 0 Å². The van der Waals surface area contributed by atoms with E-state index >= 15 is 0 Å². The Morgan fingerprint density at radius 1 is 1.33 bits per heavy atom. The van der Waals surface area contributed by atoms with E-state index in [0.717, 1.165) is 19.1 Å². The van der Waals surface area contributed by atoms with Gasteiger partial charge in [-0.15, -0.1) is 0 Å². The summed E-state index contributed by atoms with van der Waals surface area (Å²) in [6, 6.07) is 0.677. The maximum Gasteiger partial charge on any atom is 0.0685 e. The Kier molecular flexibility index (Phi) is 4.38. The Morgan fingerprint density at radius 3 is 2.56 bits per heavy atom. The minimum Gasteiger partial charge on any atom is -0.375 e. The van der Waals surface area contributed by atoms with Gasteiger partial charge in [-0.25, -0.2) is 0 Å². The molecule has 1 N–H and O–H groups in total. The Bertz CT molecular complexity index is 265. The number of hydrogen-bond acceptors (Lipinski definition) is 2. The van der Waals surface area contributed by atoms with E-state index in [4.69, 9.17) is 4.74 Å². The van der Waals surface area contributed by atoms with Crippen LogP contribution >= 0.6 is 0 Å². The van der Waals surface area contributed by atoms with Gasteiger partial charge in [0.15, 0.2) is 0 Å². The predicted molar refractivity (Wildman–Crippen MR) is 76.8 cm³/mol. The summed E-state index contributed by atoms with van der Waals surface area (Å²) < 4.78 is 6.06. The molecule has 18 heavy (non-hydrogen) atoms. The van der Waals surface area contributed by atoms with Gasteiger partial charge in [0.2, 0.25) is 0 Å². The summed E-state index contributed by atoms with van der Waals surface area (Å²) in [5.74, 6) is 0.818.